The largest absolute Gasteiger partial charge is 0.489 e. The molecule has 0 saturated heterocycles. The predicted octanol–water partition coefficient (Wildman–Crippen LogP) is 6.97. The van der Waals surface area contributed by atoms with Crippen LogP contribution in [0.4, 0.5) is 0 Å². The van der Waals surface area contributed by atoms with Crippen LogP contribution in [0.5, 0.6) is 11.5 Å². The minimum atomic E-state index is -0.513. The van der Waals surface area contributed by atoms with Gasteiger partial charge in [-0.2, -0.15) is 0 Å². The number of rotatable bonds is 10. The predicted molar refractivity (Wildman–Crippen MR) is 150 cm³/mol. The normalized spacial score (nSPS) is 12.6. The molecule has 0 aliphatic carbocycles. The SMILES string of the molecule is CCOC(=O)COc1ccc(C(C)(c2ccc(OCc3ccccc3)cc2)n2ccc3ccccc32)cc1. The van der Waals surface area contributed by atoms with Crippen LogP contribution in [-0.2, 0) is 21.7 Å². The lowest BCUT2D eigenvalue weighted by Crippen LogP contribution is -2.32. The Morgan fingerprint density at radius 3 is 2.00 bits per heavy atom. The maximum absolute atomic E-state index is 11.7. The van der Waals surface area contributed by atoms with Crippen molar-refractivity contribution in [3.8, 4) is 11.5 Å². The minimum absolute atomic E-state index is 0.114. The van der Waals surface area contributed by atoms with E-state index in [1.54, 1.807) is 6.92 Å². The summed E-state index contributed by atoms with van der Waals surface area (Å²) in [4.78, 5) is 11.7. The van der Waals surface area contributed by atoms with Gasteiger partial charge in [-0.05, 0) is 72.3 Å². The summed E-state index contributed by atoms with van der Waals surface area (Å²) < 4.78 is 18.9. The topological polar surface area (TPSA) is 49.7 Å². The second kappa shape index (κ2) is 11.3. The number of aromatic nitrogens is 1. The van der Waals surface area contributed by atoms with E-state index in [2.05, 4.69) is 84.4 Å². The van der Waals surface area contributed by atoms with Crippen LogP contribution >= 0.6 is 0 Å². The number of benzene rings is 4. The van der Waals surface area contributed by atoms with Gasteiger partial charge in [0, 0.05) is 11.7 Å². The Morgan fingerprint density at radius 2 is 1.34 bits per heavy atom. The van der Waals surface area contributed by atoms with Crippen LogP contribution in [0.2, 0.25) is 0 Å². The summed E-state index contributed by atoms with van der Waals surface area (Å²) >= 11 is 0. The summed E-state index contributed by atoms with van der Waals surface area (Å²) in [6.07, 6.45) is 2.13. The van der Waals surface area contributed by atoms with Gasteiger partial charge in [0.1, 0.15) is 18.1 Å². The number of hydrogen-bond acceptors (Lipinski definition) is 4. The van der Waals surface area contributed by atoms with Crippen molar-refractivity contribution in [1.29, 1.82) is 0 Å². The molecule has 5 nitrogen and oxygen atoms in total. The lowest BCUT2D eigenvalue weighted by Gasteiger charge is -2.34. The molecule has 1 atom stereocenters. The molecule has 0 saturated carbocycles. The molecular formula is C33H31NO4. The van der Waals surface area contributed by atoms with Crippen LogP contribution in [0, 0.1) is 0 Å². The molecule has 1 aromatic heterocycles. The molecule has 0 radical (unpaired) electrons. The summed E-state index contributed by atoms with van der Waals surface area (Å²) in [5.74, 6) is 1.06. The molecule has 0 aliphatic rings. The van der Waals surface area contributed by atoms with Gasteiger partial charge in [0.15, 0.2) is 6.61 Å². The zero-order valence-electron chi connectivity index (χ0n) is 21.7. The molecule has 5 heteroatoms. The fraction of sp³-hybridized carbons (Fsp3) is 0.182. The standard InChI is InChI=1S/C33H31NO4/c1-3-36-32(35)24-38-30-19-15-28(16-20-30)33(2,34-22-21-26-11-7-8-12-31(26)34)27-13-17-29(18-14-27)37-23-25-9-5-4-6-10-25/h4-22H,3,23-24H2,1-2H3. The quantitative estimate of drug-likeness (QED) is 0.192. The highest BCUT2D eigenvalue weighted by molar-refractivity contribution is 5.81. The van der Waals surface area contributed by atoms with Crippen LogP contribution < -0.4 is 9.47 Å². The van der Waals surface area contributed by atoms with E-state index in [4.69, 9.17) is 14.2 Å². The molecule has 192 valence electrons. The van der Waals surface area contributed by atoms with Crippen LogP contribution in [0.3, 0.4) is 0 Å². The van der Waals surface area contributed by atoms with E-state index >= 15 is 0 Å². The Kier molecular flexibility index (Phi) is 7.45. The second-order valence-corrected chi connectivity index (χ2v) is 9.23. The molecule has 0 N–H and O–H groups in total. The molecule has 0 spiro atoms. The molecule has 0 amide bonds. The number of carbonyl (C=O) groups excluding carboxylic acids is 1. The van der Waals surface area contributed by atoms with Crippen molar-refractivity contribution in [2.75, 3.05) is 13.2 Å². The zero-order chi connectivity index (χ0) is 26.4. The molecule has 1 heterocycles. The van der Waals surface area contributed by atoms with Gasteiger partial charge >= 0.3 is 5.97 Å². The molecular weight excluding hydrogens is 474 g/mol. The van der Waals surface area contributed by atoms with E-state index in [1.807, 2.05) is 42.5 Å². The third-order valence-corrected chi connectivity index (χ3v) is 6.82. The Morgan fingerprint density at radius 1 is 0.737 bits per heavy atom. The monoisotopic (exact) mass is 505 g/mol. The fourth-order valence-electron chi connectivity index (χ4n) is 4.76. The maximum Gasteiger partial charge on any atom is 0.344 e. The lowest BCUT2D eigenvalue weighted by atomic mass is 9.84. The summed E-state index contributed by atoms with van der Waals surface area (Å²) in [6, 6.07) is 36.9. The van der Waals surface area contributed by atoms with Crippen LogP contribution in [-0.4, -0.2) is 23.8 Å². The van der Waals surface area contributed by atoms with Gasteiger partial charge in [0.05, 0.1) is 12.1 Å². The molecule has 4 aromatic carbocycles. The molecule has 0 bridgehead atoms. The van der Waals surface area contributed by atoms with Gasteiger partial charge in [0.2, 0.25) is 0 Å². The summed E-state index contributed by atoms with van der Waals surface area (Å²) in [6.45, 7) is 4.73. The van der Waals surface area contributed by atoms with Crippen molar-refractivity contribution >= 4 is 16.9 Å². The van der Waals surface area contributed by atoms with E-state index in [9.17, 15) is 4.79 Å². The van der Waals surface area contributed by atoms with Crippen molar-refractivity contribution in [2.45, 2.75) is 26.0 Å². The number of hydrogen-bond donors (Lipinski definition) is 0. The number of nitrogens with zero attached hydrogens (tertiary/aromatic N) is 1. The highest BCUT2D eigenvalue weighted by Crippen LogP contribution is 2.38. The van der Waals surface area contributed by atoms with Gasteiger partial charge in [-0.3, -0.25) is 0 Å². The average Bonchev–Trinajstić information content (AvgIpc) is 3.41. The van der Waals surface area contributed by atoms with Gasteiger partial charge in [-0.25, -0.2) is 4.79 Å². The molecule has 5 aromatic rings. The Balaban J connectivity index is 1.46. The number of esters is 1. The van der Waals surface area contributed by atoms with Gasteiger partial charge in [0.25, 0.3) is 0 Å². The van der Waals surface area contributed by atoms with Crippen molar-refractivity contribution in [3.63, 3.8) is 0 Å². The highest BCUT2D eigenvalue weighted by Gasteiger charge is 2.32. The molecule has 0 aliphatic heterocycles. The minimum Gasteiger partial charge on any atom is -0.489 e. The van der Waals surface area contributed by atoms with E-state index < -0.39 is 5.54 Å². The first kappa shape index (κ1) is 25.2. The number of carbonyl (C=O) groups is 1. The van der Waals surface area contributed by atoms with Crippen molar-refractivity contribution in [2.24, 2.45) is 0 Å². The smallest absolute Gasteiger partial charge is 0.344 e. The number of fused-ring (bicyclic) bond motifs is 1. The van der Waals surface area contributed by atoms with Crippen molar-refractivity contribution in [3.05, 3.63) is 132 Å². The average molecular weight is 506 g/mol. The summed E-state index contributed by atoms with van der Waals surface area (Å²) in [5, 5.41) is 1.18. The Labute approximate surface area is 223 Å². The number of ether oxygens (including phenoxy) is 3. The van der Waals surface area contributed by atoms with E-state index in [1.165, 1.54) is 5.39 Å². The molecule has 38 heavy (non-hydrogen) atoms. The van der Waals surface area contributed by atoms with E-state index in [0.29, 0.717) is 19.0 Å². The third kappa shape index (κ3) is 5.28. The van der Waals surface area contributed by atoms with E-state index in [0.717, 1.165) is 28.0 Å². The van der Waals surface area contributed by atoms with Crippen LogP contribution in [0.15, 0.2) is 115 Å². The highest BCUT2D eigenvalue weighted by atomic mass is 16.6. The van der Waals surface area contributed by atoms with Crippen molar-refractivity contribution < 1.29 is 19.0 Å². The Bertz CT molecular complexity index is 1490. The first-order chi connectivity index (χ1) is 18.6. The van der Waals surface area contributed by atoms with Gasteiger partial charge in [-0.15, -0.1) is 0 Å². The molecule has 1 unspecified atom stereocenters. The first-order valence-electron chi connectivity index (χ1n) is 12.8. The van der Waals surface area contributed by atoms with Gasteiger partial charge in [-0.1, -0.05) is 72.8 Å². The first-order valence-corrected chi connectivity index (χ1v) is 12.8. The zero-order valence-corrected chi connectivity index (χ0v) is 21.7. The lowest BCUT2D eigenvalue weighted by molar-refractivity contribution is -0.145. The number of para-hydroxylation sites is 1. The summed E-state index contributed by atoms with van der Waals surface area (Å²) in [7, 11) is 0. The van der Waals surface area contributed by atoms with Gasteiger partial charge < -0.3 is 18.8 Å². The third-order valence-electron chi connectivity index (χ3n) is 6.82. The van der Waals surface area contributed by atoms with Crippen LogP contribution in [0.1, 0.15) is 30.5 Å². The fourth-order valence-corrected chi connectivity index (χ4v) is 4.76. The van der Waals surface area contributed by atoms with E-state index in [-0.39, 0.29) is 12.6 Å². The molecule has 0 fully saturated rings. The van der Waals surface area contributed by atoms with Crippen LogP contribution in [0.25, 0.3) is 10.9 Å². The second-order valence-electron chi connectivity index (χ2n) is 9.23. The molecule has 5 rings (SSSR count). The maximum atomic E-state index is 11.7. The van der Waals surface area contributed by atoms with Crippen molar-refractivity contribution in [1.82, 2.24) is 4.57 Å². The summed E-state index contributed by atoms with van der Waals surface area (Å²) in [5.41, 5.74) is 3.96. The Hall–Kier alpha value is -4.51.